The molecular formula is C24H26N4O6. The number of anilines is 1. The minimum absolute atomic E-state index is 0.00956. The number of ether oxygens (including phenoxy) is 2. The van der Waals surface area contributed by atoms with Crippen LogP contribution in [0.4, 0.5) is 16.2 Å². The Morgan fingerprint density at radius 1 is 1.15 bits per heavy atom. The van der Waals surface area contributed by atoms with Crippen LogP contribution in [0.2, 0.25) is 0 Å². The van der Waals surface area contributed by atoms with E-state index in [9.17, 15) is 25.0 Å². The van der Waals surface area contributed by atoms with Crippen LogP contribution in [0.3, 0.4) is 0 Å². The minimum atomic E-state index is -1.38. The maximum absolute atomic E-state index is 12.4. The van der Waals surface area contributed by atoms with Gasteiger partial charge in [-0.05, 0) is 31.0 Å². The molecule has 34 heavy (non-hydrogen) atoms. The van der Waals surface area contributed by atoms with E-state index in [1.807, 2.05) is 41.3 Å². The highest BCUT2D eigenvalue weighted by molar-refractivity contribution is 5.84. The molecule has 1 atom stereocenters. The summed E-state index contributed by atoms with van der Waals surface area (Å²) >= 11 is 0. The summed E-state index contributed by atoms with van der Waals surface area (Å²) < 4.78 is 10.3. The average molecular weight is 466 g/mol. The Bertz CT molecular complexity index is 1090. The van der Waals surface area contributed by atoms with Gasteiger partial charge >= 0.3 is 12.1 Å². The summed E-state index contributed by atoms with van der Waals surface area (Å²) in [4.78, 5) is 39.3. The van der Waals surface area contributed by atoms with Crippen molar-refractivity contribution < 1.29 is 24.0 Å². The zero-order valence-electron chi connectivity index (χ0n) is 19.1. The number of piperazine rings is 1. The normalized spacial score (nSPS) is 14.1. The van der Waals surface area contributed by atoms with E-state index in [1.165, 1.54) is 12.1 Å². The van der Waals surface area contributed by atoms with E-state index < -0.39 is 22.9 Å². The van der Waals surface area contributed by atoms with Crippen LogP contribution in [0.15, 0.2) is 42.5 Å². The number of nitro groups is 1. The van der Waals surface area contributed by atoms with Crippen molar-refractivity contribution in [1.29, 1.82) is 5.26 Å². The molecular weight excluding hydrogens is 440 g/mol. The minimum Gasteiger partial charge on any atom is -0.465 e. The largest absolute Gasteiger partial charge is 0.465 e. The predicted octanol–water partition coefficient (Wildman–Crippen LogP) is 3.53. The second kappa shape index (κ2) is 11.1. The number of nitriles is 1. The molecule has 10 heteroatoms. The number of rotatable bonds is 7. The fourth-order valence-corrected chi connectivity index (χ4v) is 3.85. The molecule has 1 saturated heterocycles. The summed E-state index contributed by atoms with van der Waals surface area (Å²) in [5, 5.41) is 21.2. The Labute approximate surface area is 197 Å². The number of nitro benzene ring substituents is 1. The maximum Gasteiger partial charge on any atom is 0.410 e. The van der Waals surface area contributed by atoms with Crippen molar-refractivity contribution in [3.8, 4) is 6.07 Å². The van der Waals surface area contributed by atoms with Crippen molar-refractivity contribution in [3.05, 3.63) is 69.3 Å². The average Bonchev–Trinajstić information content (AvgIpc) is 2.84. The van der Waals surface area contributed by atoms with Crippen LogP contribution in [-0.2, 0) is 20.9 Å². The van der Waals surface area contributed by atoms with Gasteiger partial charge in [0.1, 0.15) is 6.61 Å². The van der Waals surface area contributed by atoms with Crippen molar-refractivity contribution in [2.24, 2.45) is 0 Å². The smallest absolute Gasteiger partial charge is 0.410 e. The molecule has 1 heterocycles. The molecule has 0 spiro atoms. The molecule has 1 aliphatic heterocycles. The SMILES string of the molecule is CCOC(=O)C(C#N)c1cc(C)c(N2CCN(C(=O)OCc3ccccc3)CC2)cc1[N+](=O)[O-]. The fraction of sp³-hybridized carbons (Fsp3) is 0.375. The molecule has 1 aliphatic rings. The van der Waals surface area contributed by atoms with E-state index in [2.05, 4.69) is 0 Å². The van der Waals surface area contributed by atoms with Gasteiger partial charge in [-0.2, -0.15) is 5.26 Å². The Morgan fingerprint density at radius 2 is 1.82 bits per heavy atom. The van der Waals surface area contributed by atoms with Gasteiger partial charge in [-0.1, -0.05) is 30.3 Å². The zero-order valence-corrected chi connectivity index (χ0v) is 19.1. The Hall–Kier alpha value is -4.13. The summed E-state index contributed by atoms with van der Waals surface area (Å²) in [7, 11) is 0. The van der Waals surface area contributed by atoms with Gasteiger partial charge in [0.25, 0.3) is 5.69 Å². The van der Waals surface area contributed by atoms with Crippen LogP contribution in [-0.4, -0.2) is 54.7 Å². The standard InChI is InChI=1S/C24H26N4O6/c1-3-33-23(29)20(15-25)19-13-17(2)21(14-22(19)28(31)32)26-9-11-27(12-10-26)24(30)34-16-18-7-5-4-6-8-18/h4-8,13-14,20H,3,9-12,16H2,1-2H3. The third kappa shape index (κ3) is 5.61. The van der Waals surface area contributed by atoms with Crippen molar-refractivity contribution in [3.63, 3.8) is 0 Å². The molecule has 10 nitrogen and oxygen atoms in total. The van der Waals surface area contributed by atoms with E-state index in [-0.39, 0.29) is 24.5 Å². The zero-order chi connectivity index (χ0) is 24.7. The summed E-state index contributed by atoms with van der Waals surface area (Å²) in [5.74, 6) is -2.20. The number of esters is 1. The van der Waals surface area contributed by atoms with E-state index in [1.54, 1.807) is 18.7 Å². The number of aryl methyl sites for hydroxylation is 1. The molecule has 1 unspecified atom stereocenters. The summed E-state index contributed by atoms with van der Waals surface area (Å²) in [5.41, 5.74) is 1.90. The second-order valence-corrected chi connectivity index (χ2v) is 7.78. The predicted molar refractivity (Wildman–Crippen MR) is 123 cm³/mol. The first-order valence-corrected chi connectivity index (χ1v) is 10.9. The number of nitrogens with zero attached hydrogens (tertiary/aromatic N) is 4. The van der Waals surface area contributed by atoms with Crippen LogP contribution < -0.4 is 4.90 Å². The van der Waals surface area contributed by atoms with Gasteiger partial charge in [-0.3, -0.25) is 14.9 Å². The molecule has 1 fully saturated rings. The summed E-state index contributed by atoms with van der Waals surface area (Å²) in [6.07, 6.45) is -0.409. The molecule has 0 bridgehead atoms. The maximum atomic E-state index is 12.4. The van der Waals surface area contributed by atoms with Crippen molar-refractivity contribution >= 4 is 23.4 Å². The lowest BCUT2D eigenvalue weighted by molar-refractivity contribution is -0.385. The van der Waals surface area contributed by atoms with Crippen molar-refractivity contribution in [1.82, 2.24) is 4.90 Å². The molecule has 0 aromatic heterocycles. The molecule has 1 amide bonds. The molecule has 2 aromatic rings. The fourth-order valence-electron chi connectivity index (χ4n) is 3.85. The lowest BCUT2D eigenvalue weighted by Crippen LogP contribution is -2.49. The van der Waals surface area contributed by atoms with Crippen molar-refractivity contribution in [2.75, 3.05) is 37.7 Å². The molecule has 178 valence electrons. The van der Waals surface area contributed by atoms with Crippen LogP contribution in [0, 0.1) is 28.4 Å². The van der Waals surface area contributed by atoms with Gasteiger partial charge in [-0.15, -0.1) is 0 Å². The van der Waals surface area contributed by atoms with Crippen LogP contribution in [0.5, 0.6) is 0 Å². The lowest BCUT2D eigenvalue weighted by atomic mass is 9.95. The lowest BCUT2D eigenvalue weighted by Gasteiger charge is -2.36. The molecule has 0 N–H and O–H groups in total. The third-order valence-corrected chi connectivity index (χ3v) is 5.59. The monoisotopic (exact) mass is 466 g/mol. The van der Waals surface area contributed by atoms with Crippen molar-refractivity contribution in [2.45, 2.75) is 26.4 Å². The first-order chi connectivity index (χ1) is 16.3. The quantitative estimate of drug-likeness (QED) is 0.345. The topological polar surface area (TPSA) is 126 Å². The third-order valence-electron chi connectivity index (χ3n) is 5.59. The molecule has 0 radical (unpaired) electrons. The molecule has 2 aromatic carbocycles. The highest BCUT2D eigenvalue weighted by atomic mass is 16.6. The summed E-state index contributed by atoms with van der Waals surface area (Å²) in [6, 6.07) is 14.1. The Kier molecular flexibility index (Phi) is 8.03. The first kappa shape index (κ1) is 24.5. The number of benzene rings is 2. The molecule has 0 saturated carbocycles. The van der Waals surface area contributed by atoms with Gasteiger partial charge in [0.15, 0.2) is 5.92 Å². The van der Waals surface area contributed by atoms with E-state index >= 15 is 0 Å². The Morgan fingerprint density at radius 3 is 2.41 bits per heavy atom. The van der Waals surface area contributed by atoms with Gasteiger partial charge in [0, 0.05) is 37.9 Å². The van der Waals surface area contributed by atoms with Gasteiger partial charge in [-0.25, -0.2) is 4.79 Å². The number of amides is 1. The highest BCUT2D eigenvalue weighted by Gasteiger charge is 2.32. The van der Waals surface area contributed by atoms with E-state index in [0.717, 1.165) is 5.56 Å². The van der Waals surface area contributed by atoms with Crippen LogP contribution in [0.25, 0.3) is 0 Å². The number of carbonyl (C=O) groups excluding carboxylic acids is 2. The van der Waals surface area contributed by atoms with Gasteiger partial charge in [0.2, 0.25) is 0 Å². The summed E-state index contributed by atoms with van der Waals surface area (Å²) in [6.45, 7) is 5.33. The first-order valence-electron chi connectivity index (χ1n) is 10.9. The Balaban J connectivity index is 1.71. The molecule has 3 rings (SSSR count). The van der Waals surface area contributed by atoms with Gasteiger partial charge in [0.05, 0.1) is 23.2 Å². The van der Waals surface area contributed by atoms with E-state index in [4.69, 9.17) is 9.47 Å². The number of hydrogen-bond acceptors (Lipinski definition) is 8. The highest BCUT2D eigenvalue weighted by Crippen LogP contribution is 2.35. The second-order valence-electron chi connectivity index (χ2n) is 7.78. The van der Waals surface area contributed by atoms with Crippen LogP contribution >= 0.6 is 0 Å². The number of hydrogen-bond donors (Lipinski definition) is 0. The molecule has 0 aliphatic carbocycles. The van der Waals surface area contributed by atoms with Gasteiger partial charge < -0.3 is 19.3 Å². The number of carbonyl (C=O) groups is 2. The van der Waals surface area contributed by atoms with Crippen LogP contribution in [0.1, 0.15) is 29.5 Å². The van der Waals surface area contributed by atoms with E-state index in [0.29, 0.717) is 37.4 Å².